The minimum absolute atomic E-state index is 0.110. The van der Waals surface area contributed by atoms with E-state index in [0.717, 1.165) is 67.6 Å². The summed E-state index contributed by atoms with van der Waals surface area (Å²) in [5, 5.41) is 6.44. The number of carbonyl (C=O) groups is 1. The third-order valence-corrected chi connectivity index (χ3v) is 6.81. The van der Waals surface area contributed by atoms with Gasteiger partial charge in [-0.1, -0.05) is 6.07 Å². The SMILES string of the molecule is Cc1nc(CN2CCC(C(=O)NCc3cccnc3N3CCCCC3)CC2)cs1. The summed E-state index contributed by atoms with van der Waals surface area (Å²) in [4.78, 5) is 26.7. The standard InChI is InChI=1S/C22H31N5OS/c1-17-25-20(16-29-17)15-26-12-7-18(8-13-26)22(28)24-14-19-6-5-9-23-21(19)27-10-3-2-4-11-27/h5-6,9,16,18H,2-4,7-8,10-15H2,1H3,(H,24,28). The van der Waals surface area contributed by atoms with E-state index >= 15 is 0 Å². The first-order valence-corrected chi connectivity index (χ1v) is 11.7. The molecular formula is C22H31N5OS. The number of piperidine rings is 2. The fourth-order valence-corrected chi connectivity index (χ4v) is 4.95. The van der Waals surface area contributed by atoms with Crippen LogP contribution in [-0.2, 0) is 17.9 Å². The Kier molecular flexibility index (Phi) is 6.77. The summed E-state index contributed by atoms with van der Waals surface area (Å²) in [6.45, 7) is 7.55. The van der Waals surface area contributed by atoms with E-state index in [4.69, 9.17) is 0 Å². The number of nitrogens with zero attached hydrogens (tertiary/aromatic N) is 4. The number of likely N-dealkylation sites (tertiary alicyclic amines) is 1. The molecule has 2 aromatic heterocycles. The highest BCUT2D eigenvalue weighted by Crippen LogP contribution is 2.23. The van der Waals surface area contributed by atoms with Crippen LogP contribution in [0.4, 0.5) is 5.82 Å². The first kappa shape index (κ1) is 20.3. The molecule has 156 valence electrons. The molecule has 2 aromatic rings. The molecule has 0 atom stereocenters. The van der Waals surface area contributed by atoms with Crippen LogP contribution in [0.1, 0.15) is 48.4 Å². The highest BCUT2D eigenvalue weighted by atomic mass is 32.1. The molecule has 4 rings (SSSR count). The molecule has 2 saturated heterocycles. The average Bonchev–Trinajstić information content (AvgIpc) is 3.18. The second-order valence-corrected chi connectivity index (χ2v) is 9.22. The maximum atomic E-state index is 12.8. The monoisotopic (exact) mass is 413 g/mol. The Bertz CT molecular complexity index is 809. The van der Waals surface area contributed by atoms with Crippen molar-refractivity contribution < 1.29 is 4.79 Å². The molecule has 0 bridgehead atoms. The summed E-state index contributed by atoms with van der Waals surface area (Å²) < 4.78 is 0. The molecule has 2 aliphatic rings. The Morgan fingerprint density at radius 3 is 2.72 bits per heavy atom. The molecule has 0 aliphatic carbocycles. The Hall–Kier alpha value is -1.99. The number of carbonyl (C=O) groups excluding carboxylic acids is 1. The zero-order chi connectivity index (χ0) is 20.1. The van der Waals surface area contributed by atoms with Crippen LogP contribution in [0.3, 0.4) is 0 Å². The second kappa shape index (κ2) is 9.67. The molecule has 1 N–H and O–H groups in total. The first-order valence-electron chi connectivity index (χ1n) is 10.8. The number of nitrogens with one attached hydrogen (secondary N) is 1. The Morgan fingerprint density at radius 1 is 1.21 bits per heavy atom. The van der Waals surface area contributed by atoms with Crippen LogP contribution in [0.5, 0.6) is 0 Å². The molecule has 0 radical (unpaired) electrons. The molecule has 7 heteroatoms. The van der Waals surface area contributed by atoms with Gasteiger partial charge in [0.2, 0.25) is 5.91 Å². The van der Waals surface area contributed by atoms with Crippen LogP contribution in [0, 0.1) is 12.8 Å². The number of hydrogen-bond acceptors (Lipinski definition) is 6. The maximum Gasteiger partial charge on any atom is 0.223 e. The smallest absolute Gasteiger partial charge is 0.223 e. The normalized spacial score (nSPS) is 18.7. The Morgan fingerprint density at radius 2 is 2.00 bits per heavy atom. The lowest BCUT2D eigenvalue weighted by Gasteiger charge is -2.31. The van der Waals surface area contributed by atoms with Gasteiger partial charge in [-0.15, -0.1) is 11.3 Å². The summed E-state index contributed by atoms with van der Waals surface area (Å²) in [5.41, 5.74) is 2.27. The van der Waals surface area contributed by atoms with Gasteiger partial charge in [0.25, 0.3) is 0 Å². The number of amides is 1. The van der Waals surface area contributed by atoms with Gasteiger partial charge in [-0.25, -0.2) is 9.97 Å². The second-order valence-electron chi connectivity index (χ2n) is 8.16. The highest BCUT2D eigenvalue weighted by Gasteiger charge is 2.25. The lowest BCUT2D eigenvalue weighted by molar-refractivity contribution is -0.126. The molecule has 29 heavy (non-hydrogen) atoms. The van der Waals surface area contributed by atoms with Gasteiger partial charge in [-0.2, -0.15) is 0 Å². The number of pyridine rings is 1. The van der Waals surface area contributed by atoms with Crippen LogP contribution in [0.15, 0.2) is 23.7 Å². The van der Waals surface area contributed by atoms with E-state index in [2.05, 4.69) is 36.5 Å². The van der Waals surface area contributed by atoms with E-state index < -0.39 is 0 Å². The van der Waals surface area contributed by atoms with Crippen molar-refractivity contribution in [3.63, 3.8) is 0 Å². The molecule has 0 aromatic carbocycles. The average molecular weight is 414 g/mol. The van der Waals surface area contributed by atoms with Crippen molar-refractivity contribution in [2.45, 2.75) is 52.1 Å². The Labute approximate surface area is 177 Å². The lowest BCUT2D eigenvalue weighted by Crippen LogP contribution is -2.40. The van der Waals surface area contributed by atoms with E-state index in [0.29, 0.717) is 6.54 Å². The highest BCUT2D eigenvalue weighted by molar-refractivity contribution is 7.09. The van der Waals surface area contributed by atoms with Crippen molar-refractivity contribution in [1.82, 2.24) is 20.2 Å². The lowest BCUT2D eigenvalue weighted by atomic mass is 9.95. The third kappa shape index (κ3) is 5.34. The fourth-order valence-electron chi connectivity index (χ4n) is 4.35. The van der Waals surface area contributed by atoms with Crippen molar-refractivity contribution in [1.29, 1.82) is 0 Å². The van der Waals surface area contributed by atoms with E-state index in [1.165, 1.54) is 19.3 Å². The van der Waals surface area contributed by atoms with Gasteiger partial charge < -0.3 is 10.2 Å². The van der Waals surface area contributed by atoms with Crippen molar-refractivity contribution >= 4 is 23.1 Å². The molecule has 0 saturated carbocycles. The van der Waals surface area contributed by atoms with Crippen molar-refractivity contribution in [2.24, 2.45) is 5.92 Å². The minimum Gasteiger partial charge on any atom is -0.356 e. The van der Waals surface area contributed by atoms with E-state index in [-0.39, 0.29) is 11.8 Å². The topological polar surface area (TPSA) is 61.4 Å². The van der Waals surface area contributed by atoms with E-state index in [1.54, 1.807) is 11.3 Å². The molecule has 2 aliphatic heterocycles. The summed E-state index contributed by atoms with van der Waals surface area (Å²) in [7, 11) is 0. The van der Waals surface area contributed by atoms with Gasteiger partial charge in [0.15, 0.2) is 0 Å². The van der Waals surface area contributed by atoms with Crippen LogP contribution in [0.25, 0.3) is 0 Å². The zero-order valence-corrected chi connectivity index (χ0v) is 18.1. The molecule has 0 unspecified atom stereocenters. The van der Waals surface area contributed by atoms with Crippen LogP contribution < -0.4 is 10.2 Å². The maximum absolute atomic E-state index is 12.8. The van der Waals surface area contributed by atoms with Gasteiger partial charge in [-0.05, 0) is 58.2 Å². The van der Waals surface area contributed by atoms with E-state index in [9.17, 15) is 4.79 Å². The summed E-state index contributed by atoms with van der Waals surface area (Å²) >= 11 is 1.70. The largest absolute Gasteiger partial charge is 0.356 e. The number of aryl methyl sites for hydroxylation is 1. The first-order chi connectivity index (χ1) is 14.2. The summed E-state index contributed by atoms with van der Waals surface area (Å²) in [5.74, 6) is 1.34. The van der Waals surface area contributed by atoms with Crippen LogP contribution in [-0.4, -0.2) is 47.0 Å². The number of thiazole rings is 1. The number of aromatic nitrogens is 2. The predicted octanol–water partition coefficient (Wildman–Crippen LogP) is 3.37. The van der Waals surface area contributed by atoms with Gasteiger partial charge in [0, 0.05) is 49.2 Å². The molecule has 6 nitrogen and oxygen atoms in total. The van der Waals surface area contributed by atoms with E-state index in [1.807, 2.05) is 19.2 Å². The van der Waals surface area contributed by atoms with Gasteiger partial charge in [-0.3, -0.25) is 9.69 Å². The predicted molar refractivity (Wildman–Crippen MR) is 117 cm³/mol. The minimum atomic E-state index is 0.110. The summed E-state index contributed by atoms with van der Waals surface area (Å²) in [6, 6.07) is 4.06. The molecule has 4 heterocycles. The van der Waals surface area contributed by atoms with Crippen LogP contribution in [0.2, 0.25) is 0 Å². The molecule has 0 spiro atoms. The molecule has 1 amide bonds. The van der Waals surface area contributed by atoms with Gasteiger partial charge in [0.05, 0.1) is 10.7 Å². The number of hydrogen-bond donors (Lipinski definition) is 1. The van der Waals surface area contributed by atoms with Crippen molar-refractivity contribution in [2.75, 3.05) is 31.1 Å². The molecular weight excluding hydrogens is 382 g/mol. The van der Waals surface area contributed by atoms with Gasteiger partial charge in [0.1, 0.15) is 5.82 Å². The van der Waals surface area contributed by atoms with Crippen molar-refractivity contribution in [3.8, 4) is 0 Å². The fraction of sp³-hybridized carbons (Fsp3) is 0.591. The van der Waals surface area contributed by atoms with Gasteiger partial charge >= 0.3 is 0 Å². The summed E-state index contributed by atoms with van der Waals surface area (Å²) in [6.07, 6.45) is 7.44. The molecule has 2 fully saturated rings. The quantitative estimate of drug-likeness (QED) is 0.787. The number of anilines is 1. The van der Waals surface area contributed by atoms with Crippen molar-refractivity contribution in [3.05, 3.63) is 40.0 Å². The number of rotatable bonds is 6. The third-order valence-electron chi connectivity index (χ3n) is 5.99. The zero-order valence-electron chi connectivity index (χ0n) is 17.3. The van der Waals surface area contributed by atoms with Crippen LogP contribution >= 0.6 is 11.3 Å². The Balaban J connectivity index is 1.26.